The lowest BCUT2D eigenvalue weighted by Gasteiger charge is -2.30. The van der Waals surface area contributed by atoms with Crippen molar-refractivity contribution >= 4 is 28.6 Å². The van der Waals surface area contributed by atoms with Crippen LogP contribution in [0.5, 0.6) is 0 Å². The van der Waals surface area contributed by atoms with E-state index in [1.165, 1.54) is 12.8 Å². The molecular formula is C16H22ClN5. The monoisotopic (exact) mass is 319 g/mol. The Morgan fingerprint density at radius 1 is 1.41 bits per heavy atom. The first-order valence-corrected chi connectivity index (χ1v) is 8.08. The highest BCUT2D eigenvalue weighted by Gasteiger charge is 2.17. The van der Waals surface area contributed by atoms with Gasteiger partial charge in [0, 0.05) is 20.1 Å². The van der Waals surface area contributed by atoms with Crippen LogP contribution in [-0.2, 0) is 13.6 Å². The van der Waals surface area contributed by atoms with Crippen molar-refractivity contribution in [2.75, 3.05) is 13.1 Å². The van der Waals surface area contributed by atoms with Gasteiger partial charge in [0.05, 0.1) is 16.1 Å². The largest absolute Gasteiger partial charge is 0.370 e. The molecule has 1 aliphatic rings. The van der Waals surface area contributed by atoms with Crippen LogP contribution in [0, 0.1) is 5.92 Å². The summed E-state index contributed by atoms with van der Waals surface area (Å²) in [6, 6.07) is 5.75. The third-order valence-electron chi connectivity index (χ3n) is 4.43. The van der Waals surface area contributed by atoms with Crippen LogP contribution in [0.15, 0.2) is 23.2 Å². The maximum Gasteiger partial charge on any atom is 0.191 e. The van der Waals surface area contributed by atoms with Gasteiger partial charge in [0.25, 0.3) is 0 Å². The second-order valence-corrected chi connectivity index (χ2v) is 6.45. The first-order valence-electron chi connectivity index (χ1n) is 7.71. The molecule has 2 heterocycles. The number of aryl methyl sites for hydroxylation is 1. The smallest absolute Gasteiger partial charge is 0.191 e. The van der Waals surface area contributed by atoms with Gasteiger partial charge in [0.15, 0.2) is 5.96 Å². The molecule has 1 aromatic heterocycles. The van der Waals surface area contributed by atoms with E-state index in [0.717, 1.165) is 35.9 Å². The maximum absolute atomic E-state index is 6.24. The Labute approximate surface area is 135 Å². The molecule has 118 valence electrons. The molecule has 2 N–H and O–H groups in total. The summed E-state index contributed by atoms with van der Waals surface area (Å²) in [6.07, 6.45) is 2.36. The van der Waals surface area contributed by atoms with Crippen LogP contribution in [-0.4, -0.2) is 33.5 Å². The predicted octanol–water partition coefficient (Wildman–Crippen LogP) is 2.77. The number of halogens is 1. The first kappa shape index (κ1) is 15.2. The minimum absolute atomic E-state index is 0.472. The van der Waals surface area contributed by atoms with E-state index in [2.05, 4.69) is 21.8 Å². The van der Waals surface area contributed by atoms with Crippen LogP contribution in [0.1, 0.15) is 25.6 Å². The molecule has 3 rings (SSSR count). The third kappa shape index (κ3) is 2.90. The Morgan fingerprint density at radius 2 is 2.14 bits per heavy atom. The van der Waals surface area contributed by atoms with E-state index in [0.29, 0.717) is 17.5 Å². The van der Waals surface area contributed by atoms with Crippen molar-refractivity contribution < 1.29 is 0 Å². The van der Waals surface area contributed by atoms with E-state index < -0.39 is 0 Å². The number of para-hydroxylation sites is 1. The molecule has 2 aromatic rings. The molecule has 5 nitrogen and oxygen atoms in total. The fourth-order valence-corrected chi connectivity index (χ4v) is 3.20. The average molecular weight is 320 g/mol. The number of likely N-dealkylation sites (tertiary alicyclic amines) is 1. The van der Waals surface area contributed by atoms with E-state index in [4.69, 9.17) is 17.3 Å². The van der Waals surface area contributed by atoms with Gasteiger partial charge in [-0.25, -0.2) is 9.98 Å². The topological polar surface area (TPSA) is 59.4 Å². The molecule has 0 atom stereocenters. The second kappa shape index (κ2) is 6.16. The van der Waals surface area contributed by atoms with Crippen LogP contribution in [0.4, 0.5) is 0 Å². The molecule has 1 saturated heterocycles. The Hall–Kier alpha value is -1.75. The van der Waals surface area contributed by atoms with Gasteiger partial charge < -0.3 is 15.2 Å². The number of imidazole rings is 1. The number of nitrogens with two attached hydrogens (primary N) is 1. The molecule has 0 bridgehead atoms. The lowest BCUT2D eigenvalue weighted by atomic mass is 10.00. The Kier molecular flexibility index (Phi) is 4.25. The summed E-state index contributed by atoms with van der Waals surface area (Å²) in [5.74, 6) is 2.27. The van der Waals surface area contributed by atoms with Crippen molar-refractivity contribution in [3.05, 3.63) is 29.0 Å². The molecule has 0 radical (unpaired) electrons. The van der Waals surface area contributed by atoms with Gasteiger partial charge in [-0.3, -0.25) is 0 Å². The summed E-state index contributed by atoms with van der Waals surface area (Å²) in [5, 5.41) is 0.709. The third-order valence-corrected chi connectivity index (χ3v) is 4.73. The fourth-order valence-electron chi connectivity index (χ4n) is 2.90. The minimum Gasteiger partial charge on any atom is -0.370 e. The molecule has 0 spiro atoms. The van der Waals surface area contributed by atoms with Gasteiger partial charge in [-0.2, -0.15) is 0 Å². The quantitative estimate of drug-likeness (QED) is 0.684. The molecule has 22 heavy (non-hydrogen) atoms. The number of hydrogen-bond donors (Lipinski definition) is 1. The number of hydrogen-bond acceptors (Lipinski definition) is 2. The Morgan fingerprint density at radius 3 is 2.82 bits per heavy atom. The summed E-state index contributed by atoms with van der Waals surface area (Å²) < 4.78 is 1.99. The van der Waals surface area contributed by atoms with Crippen molar-refractivity contribution in [3.8, 4) is 0 Å². The van der Waals surface area contributed by atoms with E-state index in [1.54, 1.807) is 0 Å². The molecular weight excluding hydrogens is 298 g/mol. The molecule has 0 unspecified atom stereocenters. The van der Waals surface area contributed by atoms with Crippen molar-refractivity contribution in [3.63, 3.8) is 0 Å². The SMILES string of the molecule is CC1CCN(C(N)=NCc2nc3cccc(Cl)c3n2C)CC1. The highest BCUT2D eigenvalue weighted by atomic mass is 35.5. The van der Waals surface area contributed by atoms with Crippen molar-refractivity contribution in [2.24, 2.45) is 23.7 Å². The number of benzene rings is 1. The summed E-state index contributed by atoms with van der Waals surface area (Å²) in [6.45, 7) is 4.74. The van der Waals surface area contributed by atoms with Crippen LogP contribution in [0.2, 0.25) is 5.02 Å². The zero-order chi connectivity index (χ0) is 15.7. The lowest BCUT2D eigenvalue weighted by molar-refractivity contribution is 0.277. The van der Waals surface area contributed by atoms with Crippen molar-refractivity contribution in [2.45, 2.75) is 26.3 Å². The number of piperidine rings is 1. The number of nitrogens with zero attached hydrogens (tertiary/aromatic N) is 4. The second-order valence-electron chi connectivity index (χ2n) is 6.04. The standard InChI is InChI=1S/C16H22ClN5/c1-11-6-8-22(9-7-11)16(18)19-10-14-20-13-5-3-4-12(17)15(13)21(14)2/h3-5,11H,6-10H2,1-2H3,(H2,18,19). The number of guanidine groups is 1. The molecule has 6 heteroatoms. The molecule has 1 aromatic carbocycles. The number of fused-ring (bicyclic) bond motifs is 1. The molecule has 0 saturated carbocycles. The zero-order valence-electron chi connectivity index (χ0n) is 13.1. The van der Waals surface area contributed by atoms with Gasteiger partial charge in [0.1, 0.15) is 12.4 Å². The molecule has 0 amide bonds. The maximum atomic E-state index is 6.24. The zero-order valence-corrected chi connectivity index (χ0v) is 13.8. The fraction of sp³-hybridized carbons (Fsp3) is 0.500. The predicted molar refractivity (Wildman–Crippen MR) is 91.0 cm³/mol. The number of rotatable bonds is 2. The van der Waals surface area contributed by atoms with E-state index in [-0.39, 0.29) is 0 Å². The summed E-state index contributed by atoms with van der Waals surface area (Å²) >= 11 is 6.24. The van der Waals surface area contributed by atoms with E-state index in [1.807, 2.05) is 29.8 Å². The summed E-state index contributed by atoms with van der Waals surface area (Å²) in [5.41, 5.74) is 7.97. The van der Waals surface area contributed by atoms with Crippen molar-refractivity contribution in [1.82, 2.24) is 14.5 Å². The Balaban J connectivity index is 1.77. The first-order chi connectivity index (χ1) is 10.6. The molecule has 1 aliphatic heterocycles. The van der Waals surface area contributed by atoms with Crippen LogP contribution in [0.3, 0.4) is 0 Å². The van der Waals surface area contributed by atoms with Gasteiger partial charge >= 0.3 is 0 Å². The van der Waals surface area contributed by atoms with Crippen molar-refractivity contribution in [1.29, 1.82) is 0 Å². The molecule has 1 fully saturated rings. The number of aromatic nitrogens is 2. The van der Waals surface area contributed by atoms with Gasteiger partial charge in [-0.15, -0.1) is 0 Å². The lowest BCUT2D eigenvalue weighted by Crippen LogP contribution is -2.42. The normalized spacial score (nSPS) is 17.4. The van der Waals surface area contributed by atoms with Gasteiger partial charge in [0.2, 0.25) is 0 Å². The van der Waals surface area contributed by atoms with E-state index in [9.17, 15) is 0 Å². The van der Waals surface area contributed by atoms with Gasteiger partial charge in [-0.1, -0.05) is 24.6 Å². The molecule has 0 aliphatic carbocycles. The highest BCUT2D eigenvalue weighted by molar-refractivity contribution is 6.35. The van der Waals surface area contributed by atoms with E-state index >= 15 is 0 Å². The highest BCUT2D eigenvalue weighted by Crippen LogP contribution is 2.23. The average Bonchev–Trinajstić information content (AvgIpc) is 2.83. The van der Waals surface area contributed by atoms with Crippen LogP contribution < -0.4 is 5.73 Å². The summed E-state index contributed by atoms with van der Waals surface area (Å²) in [7, 11) is 1.96. The Bertz CT molecular complexity index is 698. The van der Waals surface area contributed by atoms with Crippen LogP contribution >= 0.6 is 11.6 Å². The summed E-state index contributed by atoms with van der Waals surface area (Å²) in [4.78, 5) is 11.3. The van der Waals surface area contributed by atoms with Crippen LogP contribution in [0.25, 0.3) is 11.0 Å². The minimum atomic E-state index is 0.472. The number of aliphatic imine (C=N–C) groups is 1. The van der Waals surface area contributed by atoms with Gasteiger partial charge in [-0.05, 0) is 30.9 Å².